The fraction of sp³-hybridized carbons (Fsp3) is 0.846. The molecule has 1 aliphatic rings. The number of rotatable bonds is 3. The Hall–Kier alpha value is -1.30. The molecule has 19 heavy (non-hydrogen) atoms. The highest BCUT2D eigenvalue weighted by molar-refractivity contribution is 5.71. The summed E-state index contributed by atoms with van der Waals surface area (Å²) in [5, 5.41) is 9.33. The first kappa shape index (κ1) is 15.8. The number of hydrogen-bond acceptors (Lipinski definition) is 5. The van der Waals surface area contributed by atoms with Crippen LogP contribution in [0, 0.1) is 5.92 Å². The fourth-order valence-corrected chi connectivity index (χ4v) is 2.20. The van der Waals surface area contributed by atoms with Crippen molar-refractivity contribution in [3.63, 3.8) is 0 Å². The molecule has 0 aromatic rings. The molecule has 0 spiro atoms. The summed E-state index contributed by atoms with van der Waals surface area (Å²) in [6.45, 7) is 5.66. The van der Waals surface area contributed by atoms with Gasteiger partial charge in [-0.05, 0) is 33.1 Å². The molecule has 0 bridgehead atoms. The van der Waals surface area contributed by atoms with Gasteiger partial charge in [-0.3, -0.25) is 4.79 Å². The second-order valence-electron chi connectivity index (χ2n) is 5.85. The van der Waals surface area contributed by atoms with E-state index in [1.165, 1.54) is 12.0 Å². The first-order chi connectivity index (χ1) is 8.76. The van der Waals surface area contributed by atoms with Crippen molar-refractivity contribution < 1.29 is 24.2 Å². The molecule has 6 nitrogen and oxygen atoms in total. The van der Waals surface area contributed by atoms with Gasteiger partial charge in [0.25, 0.3) is 0 Å². The summed E-state index contributed by atoms with van der Waals surface area (Å²) in [6, 6.07) is -0.287. The van der Waals surface area contributed by atoms with E-state index in [4.69, 9.17) is 4.74 Å². The first-order valence-electron chi connectivity index (χ1n) is 6.44. The summed E-state index contributed by atoms with van der Waals surface area (Å²) in [7, 11) is 1.34. The largest absolute Gasteiger partial charge is 0.469 e. The third-order valence-electron chi connectivity index (χ3n) is 3.02. The van der Waals surface area contributed by atoms with Crippen LogP contribution in [0.3, 0.4) is 0 Å². The lowest BCUT2D eigenvalue weighted by atomic mass is 10.0. The maximum absolute atomic E-state index is 12.0. The van der Waals surface area contributed by atoms with Crippen LogP contribution in [0.4, 0.5) is 4.79 Å². The monoisotopic (exact) mass is 273 g/mol. The van der Waals surface area contributed by atoms with Gasteiger partial charge < -0.3 is 19.5 Å². The van der Waals surface area contributed by atoms with Gasteiger partial charge in [-0.25, -0.2) is 4.79 Å². The Morgan fingerprint density at radius 2 is 2.00 bits per heavy atom. The molecular formula is C13H23NO5. The van der Waals surface area contributed by atoms with Gasteiger partial charge in [-0.1, -0.05) is 0 Å². The fourth-order valence-electron chi connectivity index (χ4n) is 2.20. The molecule has 2 unspecified atom stereocenters. The Morgan fingerprint density at radius 1 is 1.37 bits per heavy atom. The van der Waals surface area contributed by atoms with Crippen molar-refractivity contribution in [2.45, 2.75) is 45.3 Å². The first-order valence-corrected chi connectivity index (χ1v) is 6.44. The van der Waals surface area contributed by atoms with Crippen LogP contribution < -0.4 is 0 Å². The van der Waals surface area contributed by atoms with Crippen molar-refractivity contribution in [2.24, 2.45) is 5.92 Å². The van der Waals surface area contributed by atoms with Crippen LogP contribution in [0.1, 0.15) is 33.6 Å². The van der Waals surface area contributed by atoms with E-state index < -0.39 is 11.7 Å². The summed E-state index contributed by atoms with van der Waals surface area (Å²) in [4.78, 5) is 24.8. The maximum Gasteiger partial charge on any atom is 0.410 e. The maximum atomic E-state index is 12.0. The third-order valence-corrected chi connectivity index (χ3v) is 3.02. The van der Waals surface area contributed by atoms with Gasteiger partial charge in [0.15, 0.2) is 0 Å². The highest BCUT2D eigenvalue weighted by Crippen LogP contribution is 2.27. The molecule has 0 aromatic carbocycles. The molecule has 1 rings (SSSR count). The molecule has 0 aliphatic carbocycles. The van der Waals surface area contributed by atoms with Crippen molar-refractivity contribution in [2.75, 3.05) is 20.3 Å². The number of amides is 1. The Morgan fingerprint density at radius 3 is 2.47 bits per heavy atom. The summed E-state index contributed by atoms with van der Waals surface area (Å²) >= 11 is 0. The van der Waals surface area contributed by atoms with Crippen molar-refractivity contribution in [1.82, 2.24) is 4.90 Å². The molecule has 0 radical (unpaired) electrons. The highest BCUT2D eigenvalue weighted by atomic mass is 16.6. The molecule has 1 saturated heterocycles. The van der Waals surface area contributed by atoms with Crippen molar-refractivity contribution in [3.8, 4) is 0 Å². The molecular weight excluding hydrogens is 250 g/mol. The number of carbonyl (C=O) groups excluding carboxylic acids is 2. The van der Waals surface area contributed by atoms with E-state index in [1.54, 1.807) is 20.8 Å². The quantitative estimate of drug-likeness (QED) is 0.781. The zero-order valence-corrected chi connectivity index (χ0v) is 12.0. The van der Waals surface area contributed by atoms with E-state index >= 15 is 0 Å². The molecule has 2 atom stereocenters. The van der Waals surface area contributed by atoms with Crippen LogP contribution in [0.2, 0.25) is 0 Å². The zero-order valence-electron chi connectivity index (χ0n) is 12.0. The minimum absolute atomic E-state index is 0.0112. The third kappa shape index (κ3) is 4.70. The van der Waals surface area contributed by atoms with E-state index in [0.717, 1.165) is 0 Å². The Bertz CT molecular complexity index is 336. The Balaban J connectivity index is 2.62. The number of ether oxygens (including phenoxy) is 2. The SMILES string of the molecule is COC(=O)CC1CC(CO)N(C(=O)OC(C)(C)C)C1. The summed E-state index contributed by atoms with van der Waals surface area (Å²) in [5.41, 5.74) is -0.572. The standard InChI is InChI=1S/C13H23NO5/c1-13(2,3)19-12(17)14-7-9(5-10(14)8-15)6-11(16)18-4/h9-10,15H,5-8H2,1-4H3. The molecule has 1 amide bonds. The van der Waals surface area contributed by atoms with Gasteiger partial charge in [0.05, 0.1) is 26.2 Å². The number of hydrogen-bond donors (Lipinski definition) is 1. The summed E-state index contributed by atoms with van der Waals surface area (Å²) < 4.78 is 9.91. The summed E-state index contributed by atoms with van der Waals surface area (Å²) in [6.07, 6.45) is 0.399. The number of likely N-dealkylation sites (tertiary alicyclic amines) is 1. The van der Waals surface area contributed by atoms with Crippen LogP contribution in [0.5, 0.6) is 0 Å². The van der Waals surface area contributed by atoms with Crippen LogP contribution in [-0.2, 0) is 14.3 Å². The predicted octanol–water partition coefficient (Wildman–Crippen LogP) is 1.17. The van der Waals surface area contributed by atoms with Crippen molar-refractivity contribution in [1.29, 1.82) is 0 Å². The molecule has 1 fully saturated rings. The highest BCUT2D eigenvalue weighted by Gasteiger charge is 2.37. The second kappa shape index (κ2) is 6.23. The van der Waals surface area contributed by atoms with E-state index in [0.29, 0.717) is 13.0 Å². The summed E-state index contributed by atoms with van der Waals surface area (Å²) in [5.74, 6) is -0.287. The van der Waals surface area contributed by atoms with Crippen LogP contribution >= 0.6 is 0 Å². The lowest BCUT2D eigenvalue weighted by Gasteiger charge is -2.27. The lowest BCUT2D eigenvalue weighted by Crippen LogP contribution is -2.41. The van der Waals surface area contributed by atoms with Gasteiger partial charge in [-0.2, -0.15) is 0 Å². The van der Waals surface area contributed by atoms with Gasteiger partial charge in [0.2, 0.25) is 0 Å². The number of esters is 1. The minimum Gasteiger partial charge on any atom is -0.469 e. The molecule has 1 N–H and O–H groups in total. The molecule has 110 valence electrons. The van der Waals surface area contributed by atoms with Crippen LogP contribution in [0.15, 0.2) is 0 Å². The molecule has 0 aromatic heterocycles. The average molecular weight is 273 g/mol. The van der Waals surface area contributed by atoms with E-state index in [1.807, 2.05) is 0 Å². The lowest BCUT2D eigenvalue weighted by molar-refractivity contribution is -0.141. The van der Waals surface area contributed by atoms with Gasteiger partial charge in [-0.15, -0.1) is 0 Å². The zero-order chi connectivity index (χ0) is 14.6. The molecule has 6 heteroatoms. The Labute approximate surface area is 113 Å². The molecule has 1 aliphatic heterocycles. The predicted molar refractivity (Wildman–Crippen MR) is 68.6 cm³/mol. The molecule has 0 saturated carbocycles. The van der Waals surface area contributed by atoms with Gasteiger partial charge >= 0.3 is 12.1 Å². The number of aliphatic hydroxyl groups is 1. The van der Waals surface area contributed by atoms with Gasteiger partial charge in [0.1, 0.15) is 5.60 Å². The van der Waals surface area contributed by atoms with E-state index in [-0.39, 0.29) is 31.0 Å². The Kier molecular flexibility index (Phi) is 5.17. The smallest absolute Gasteiger partial charge is 0.410 e. The number of nitrogens with zero attached hydrogens (tertiary/aromatic N) is 1. The van der Waals surface area contributed by atoms with Gasteiger partial charge in [0, 0.05) is 6.54 Å². The number of aliphatic hydroxyl groups excluding tert-OH is 1. The molecule has 1 heterocycles. The topological polar surface area (TPSA) is 76.1 Å². The van der Waals surface area contributed by atoms with E-state index in [2.05, 4.69) is 4.74 Å². The van der Waals surface area contributed by atoms with Crippen LogP contribution in [0.25, 0.3) is 0 Å². The number of carbonyl (C=O) groups is 2. The van der Waals surface area contributed by atoms with Crippen LogP contribution in [-0.4, -0.2) is 54.0 Å². The number of methoxy groups -OCH3 is 1. The minimum atomic E-state index is -0.572. The van der Waals surface area contributed by atoms with Crippen molar-refractivity contribution in [3.05, 3.63) is 0 Å². The van der Waals surface area contributed by atoms with E-state index in [9.17, 15) is 14.7 Å². The van der Waals surface area contributed by atoms with Crippen molar-refractivity contribution >= 4 is 12.1 Å². The average Bonchev–Trinajstić information content (AvgIpc) is 2.69. The normalized spacial score (nSPS) is 23.3. The second-order valence-corrected chi connectivity index (χ2v) is 5.85.